The lowest BCUT2D eigenvalue weighted by Gasteiger charge is -2.51. The van der Waals surface area contributed by atoms with Gasteiger partial charge in [0.25, 0.3) is 6.71 Å². The highest BCUT2D eigenvalue weighted by Crippen LogP contribution is 2.62. The Hall–Kier alpha value is -7.54. The molecule has 80 heavy (non-hydrogen) atoms. The number of rotatable bonds is 4. The molecule has 4 nitrogen and oxygen atoms in total. The number of furan rings is 1. The van der Waals surface area contributed by atoms with Gasteiger partial charge in [0.1, 0.15) is 11.2 Å². The Balaban J connectivity index is 1.10. The first kappa shape index (κ1) is 48.4. The fourth-order valence-corrected chi connectivity index (χ4v) is 17.1. The molecule has 6 heteroatoms. The summed E-state index contributed by atoms with van der Waals surface area (Å²) in [6.07, 6.45) is 6.98. The van der Waals surface area contributed by atoms with Crippen molar-refractivity contribution in [2.45, 2.75) is 128 Å². The van der Waals surface area contributed by atoms with Crippen LogP contribution in [0.1, 0.15) is 123 Å². The molecular formula is C74H68BN3OS. The van der Waals surface area contributed by atoms with Crippen molar-refractivity contribution in [2.75, 3.05) is 14.7 Å². The third-order valence-corrected chi connectivity index (χ3v) is 21.7. The molecule has 2 unspecified atom stereocenters. The average Bonchev–Trinajstić information content (AvgIpc) is 2.36. The normalized spacial score (nSPS) is 20.5. The minimum absolute atomic E-state index is 0.0119. The largest absolute Gasteiger partial charge is 0.456 e. The van der Waals surface area contributed by atoms with Crippen LogP contribution >= 0.6 is 11.3 Å². The van der Waals surface area contributed by atoms with Gasteiger partial charge < -0.3 is 19.1 Å². The second-order valence-electron chi connectivity index (χ2n) is 27.0. The summed E-state index contributed by atoms with van der Waals surface area (Å²) in [5, 5.41) is 4.90. The third kappa shape index (κ3) is 6.57. The van der Waals surface area contributed by atoms with E-state index in [1.165, 1.54) is 123 Å². The molecule has 1 saturated carbocycles. The van der Waals surface area contributed by atoms with E-state index in [4.69, 9.17) is 4.42 Å². The summed E-state index contributed by atoms with van der Waals surface area (Å²) in [5.74, 6) is 0. The maximum Gasteiger partial charge on any atom is 0.252 e. The van der Waals surface area contributed by atoms with Crippen LogP contribution in [0, 0.1) is 0 Å². The van der Waals surface area contributed by atoms with Gasteiger partial charge in [-0.1, -0.05) is 171 Å². The lowest BCUT2D eigenvalue weighted by atomic mass is 9.33. The van der Waals surface area contributed by atoms with E-state index in [0.717, 1.165) is 53.3 Å². The molecule has 0 N–H and O–H groups in total. The zero-order valence-electron chi connectivity index (χ0n) is 47.7. The van der Waals surface area contributed by atoms with Crippen molar-refractivity contribution >= 4 is 122 Å². The van der Waals surface area contributed by atoms with Gasteiger partial charge in [-0.3, -0.25) is 0 Å². The Morgan fingerprint density at radius 3 is 1.90 bits per heavy atom. The van der Waals surface area contributed by atoms with Gasteiger partial charge in [-0.15, -0.1) is 11.3 Å². The number of thiophene rings is 1. The predicted octanol–water partition coefficient (Wildman–Crippen LogP) is 19.1. The van der Waals surface area contributed by atoms with Crippen LogP contribution in [-0.2, 0) is 21.7 Å². The Kier molecular flexibility index (Phi) is 10.0. The summed E-state index contributed by atoms with van der Waals surface area (Å²) in [6.45, 7) is 22.1. The van der Waals surface area contributed by atoms with Crippen molar-refractivity contribution in [3.05, 3.63) is 198 Å². The van der Waals surface area contributed by atoms with Gasteiger partial charge in [0.15, 0.2) is 0 Å². The molecule has 0 radical (unpaired) electrons. The van der Waals surface area contributed by atoms with E-state index in [2.05, 4.69) is 253 Å². The van der Waals surface area contributed by atoms with Gasteiger partial charge in [0.05, 0.1) is 22.3 Å². The Bertz CT molecular complexity index is 4440. The van der Waals surface area contributed by atoms with E-state index < -0.39 is 0 Å². The van der Waals surface area contributed by atoms with Gasteiger partial charge in [-0.25, -0.2) is 0 Å². The van der Waals surface area contributed by atoms with Crippen LogP contribution in [0.25, 0.3) is 53.2 Å². The molecule has 1 fully saturated rings. The predicted molar refractivity (Wildman–Crippen MR) is 343 cm³/mol. The fourth-order valence-electron chi connectivity index (χ4n) is 16.0. The van der Waals surface area contributed by atoms with E-state index in [1.807, 2.05) is 11.3 Å². The van der Waals surface area contributed by atoms with Crippen LogP contribution in [0.5, 0.6) is 0 Å². The second kappa shape index (κ2) is 16.5. The second-order valence-corrected chi connectivity index (χ2v) is 28.1. The first-order valence-corrected chi connectivity index (χ1v) is 30.3. The van der Waals surface area contributed by atoms with Gasteiger partial charge >= 0.3 is 0 Å². The summed E-state index contributed by atoms with van der Waals surface area (Å²) >= 11 is 1.93. The lowest BCUT2D eigenvalue weighted by molar-refractivity contribution is 0.195. The highest BCUT2D eigenvalue weighted by Gasteiger charge is 2.58. The van der Waals surface area contributed by atoms with E-state index in [0.29, 0.717) is 0 Å². The van der Waals surface area contributed by atoms with Gasteiger partial charge in [-0.05, 0) is 166 Å². The summed E-state index contributed by atoms with van der Waals surface area (Å²) < 4.78 is 9.50. The standard InChI is InChI=1S/C74H68BN3OS/c1-70(2,3)46-32-33-57(50(38-46)45-22-11-10-12-23-45)76-60-41-51-48-24-14-18-31-66(48)80-67(51)44-56(60)75-55-42-53-54(72(6,7)37-36-71(53,4)5)43-61(55)77(59-28-21-30-65-68(59)49-25-13-17-29-64(49)79-65)63-40-47(39-62(76)69(63)75)78-58-27-16-15-26-52(58)73(8)34-19-20-35-74(73,78)9/h10-18,21-33,38-44H,19-20,34-37H2,1-9H3. The summed E-state index contributed by atoms with van der Waals surface area (Å²) in [6, 6.07) is 68.3. The van der Waals surface area contributed by atoms with Crippen molar-refractivity contribution in [1.82, 2.24) is 0 Å². The minimum atomic E-state index is -0.176. The molecule has 0 spiro atoms. The van der Waals surface area contributed by atoms with Crippen molar-refractivity contribution in [3.63, 3.8) is 0 Å². The maximum absolute atomic E-state index is 6.85. The topological polar surface area (TPSA) is 22.9 Å². The van der Waals surface area contributed by atoms with Crippen molar-refractivity contribution in [2.24, 2.45) is 0 Å². The lowest BCUT2D eigenvalue weighted by Crippen LogP contribution is -2.62. The van der Waals surface area contributed by atoms with Crippen molar-refractivity contribution < 1.29 is 4.42 Å². The highest BCUT2D eigenvalue weighted by molar-refractivity contribution is 7.26. The molecule has 11 aromatic rings. The van der Waals surface area contributed by atoms with Gasteiger partial charge in [0.2, 0.25) is 0 Å². The molecule has 5 aliphatic rings. The molecule has 0 saturated heterocycles. The Morgan fingerprint density at radius 2 is 1.11 bits per heavy atom. The molecule has 0 amide bonds. The number of nitrogens with zero attached hydrogens (tertiary/aromatic N) is 3. The first-order chi connectivity index (χ1) is 38.5. The van der Waals surface area contributed by atoms with E-state index in [-0.39, 0.29) is 33.9 Å². The summed E-state index contributed by atoms with van der Waals surface area (Å²) in [4.78, 5) is 8.25. The third-order valence-electron chi connectivity index (χ3n) is 20.6. The van der Waals surface area contributed by atoms with Crippen LogP contribution < -0.4 is 31.1 Å². The van der Waals surface area contributed by atoms with Gasteiger partial charge in [0, 0.05) is 70.7 Å². The quantitative estimate of drug-likeness (QED) is 0.164. The zero-order chi connectivity index (χ0) is 54.4. The molecular weight excluding hydrogens is 990 g/mol. The smallest absolute Gasteiger partial charge is 0.252 e. The SMILES string of the molecule is CC(C)(C)c1ccc(N2c3cc4c(cc3B3c5cc6c(cc5N(c5cccc7oc8ccccc8c57)c5cc(N7c8ccccc8C8(C)CCCCC78C)cc2c53)C(C)(C)CCC6(C)C)sc2ccccc24)c(-c2ccccc2)c1. The monoisotopic (exact) mass is 1060 g/mol. The number of hydrogen-bond acceptors (Lipinski definition) is 5. The minimum Gasteiger partial charge on any atom is -0.456 e. The Morgan fingerprint density at radius 1 is 0.475 bits per heavy atom. The highest BCUT2D eigenvalue weighted by atomic mass is 32.1. The van der Waals surface area contributed by atoms with Crippen LogP contribution in [0.2, 0.25) is 0 Å². The van der Waals surface area contributed by atoms with Crippen LogP contribution in [0.4, 0.5) is 45.5 Å². The number of para-hydroxylation sites is 2. The van der Waals surface area contributed by atoms with E-state index in [1.54, 1.807) is 0 Å². The van der Waals surface area contributed by atoms with E-state index in [9.17, 15) is 0 Å². The first-order valence-electron chi connectivity index (χ1n) is 29.4. The Labute approximate surface area is 475 Å². The molecule has 0 bridgehead atoms. The van der Waals surface area contributed by atoms with Crippen molar-refractivity contribution in [1.29, 1.82) is 0 Å². The molecule has 16 rings (SSSR count). The van der Waals surface area contributed by atoms with Gasteiger partial charge in [-0.2, -0.15) is 0 Å². The fraction of sp³-hybridized carbons (Fsp3) is 0.270. The number of anilines is 8. The number of fused-ring (bicyclic) bond motifs is 14. The summed E-state index contributed by atoms with van der Waals surface area (Å²) in [7, 11) is 0. The molecule has 3 aliphatic heterocycles. The molecule has 394 valence electrons. The number of hydrogen-bond donors (Lipinski definition) is 0. The molecule has 2 atom stereocenters. The van der Waals surface area contributed by atoms with Crippen LogP contribution in [0.3, 0.4) is 0 Å². The average molecular weight is 1060 g/mol. The van der Waals surface area contributed by atoms with Crippen LogP contribution in [-0.4, -0.2) is 12.3 Å². The maximum atomic E-state index is 6.85. The van der Waals surface area contributed by atoms with Crippen LogP contribution in [0.15, 0.2) is 180 Å². The molecule has 2 aliphatic carbocycles. The zero-order valence-corrected chi connectivity index (χ0v) is 48.5. The molecule has 5 heterocycles. The van der Waals surface area contributed by atoms with E-state index >= 15 is 0 Å². The number of benzene rings is 9. The van der Waals surface area contributed by atoms with Crippen molar-refractivity contribution in [3.8, 4) is 11.1 Å². The molecule has 9 aromatic carbocycles. The summed E-state index contributed by atoms with van der Waals surface area (Å²) in [5.41, 5.74) is 23.6. The molecule has 2 aromatic heterocycles.